The maximum absolute atomic E-state index is 6.10. The van der Waals surface area contributed by atoms with Gasteiger partial charge in [-0.2, -0.15) is 0 Å². The number of benzene rings is 1. The van der Waals surface area contributed by atoms with Crippen LogP contribution in [0.25, 0.3) is 0 Å². The van der Waals surface area contributed by atoms with Crippen molar-refractivity contribution in [3.63, 3.8) is 0 Å². The van der Waals surface area contributed by atoms with Crippen molar-refractivity contribution in [2.24, 2.45) is 0 Å². The third-order valence-corrected chi connectivity index (χ3v) is 3.58. The van der Waals surface area contributed by atoms with Crippen molar-refractivity contribution in [3.05, 3.63) is 32.3 Å². The van der Waals surface area contributed by atoms with Gasteiger partial charge in [0, 0.05) is 10.0 Å². The molecule has 66 valence electrons. The molecule has 12 heavy (non-hydrogen) atoms. The highest BCUT2D eigenvalue weighted by molar-refractivity contribution is 6.35. The second-order valence-electron chi connectivity index (χ2n) is 3.13. The zero-order valence-electron chi connectivity index (χ0n) is 7.76. The number of hydrogen-bond acceptors (Lipinski definition) is 0. The zero-order chi connectivity index (χ0) is 9.46. The van der Waals surface area contributed by atoms with Crippen LogP contribution in [0.1, 0.15) is 22.3 Å². The molecule has 0 amide bonds. The molecule has 0 radical (unpaired) electrons. The Kier molecular flexibility index (Phi) is 2.70. The molecule has 1 aromatic rings. The summed E-state index contributed by atoms with van der Waals surface area (Å²) in [4.78, 5) is 0. The van der Waals surface area contributed by atoms with Crippen LogP contribution in [0.5, 0.6) is 0 Å². The van der Waals surface area contributed by atoms with Gasteiger partial charge in [0.15, 0.2) is 0 Å². The van der Waals surface area contributed by atoms with Crippen LogP contribution in [-0.4, -0.2) is 0 Å². The fourth-order valence-corrected chi connectivity index (χ4v) is 1.79. The summed E-state index contributed by atoms with van der Waals surface area (Å²) in [7, 11) is 0. The van der Waals surface area contributed by atoms with Crippen LogP contribution in [0.2, 0.25) is 10.0 Å². The summed E-state index contributed by atoms with van der Waals surface area (Å²) in [6.07, 6.45) is 0. The smallest absolute Gasteiger partial charge is 0.0470 e. The quantitative estimate of drug-likeness (QED) is 0.591. The van der Waals surface area contributed by atoms with E-state index < -0.39 is 0 Å². The minimum atomic E-state index is 0.842. The molecule has 0 atom stereocenters. The molecule has 0 aromatic heterocycles. The summed E-state index contributed by atoms with van der Waals surface area (Å²) in [6.45, 7) is 7.98. The molecule has 0 saturated heterocycles. The van der Waals surface area contributed by atoms with Gasteiger partial charge in [0.2, 0.25) is 0 Å². The van der Waals surface area contributed by atoms with Gasteiger partial charge >= 0.3 is 0 Å². The first kappa shape index (κ1) is 9.88. The molecule has 1 rings (SSSR count). The lowest BCUT2D eigenvalue weighted by Gasteiger charge is -2.12. The molecular formula is C10H12Cl2. The van der Waals surface area contributed by atoms with Crippen LogP contribution in [-0.2, 0) is 0 Å². The van der Waals surface area contributed by atoms with Gasteiger partial charge in [-0.3, -0.25) is 0 Å². The first-order chi connectivity index (χ1) is 5.46. The van der Waals surface area contributed by atoms with Crippen LogP contribution < -0.4 is 0 Å². The Morgan fingerprint density at radius 2 is 0.750 bits per heavy atom. The highest BCUT2D eigenvalue weighted by Gasteiger charge is 2.10. The molecule has 0 heterocycles. The van der Waals surface area contributed by atoms with E-state index in [1.54, 1.807) is 0 Å². The van der Waals surface area contributed by atoms with E-state index in [1.807, 2.05) is 27.7 Å². The molecule has 0 bridgehead atoms. The van der Waals surface area contributed by atoms with Gasteiger partial charge in [0.25, 0.3) is 0 Å². The second-order valence-corrected chi connectivity index (χ2v) is 3.88. The zero-order valence-corrected chi connectivity index (χ0v) is 9.27. The van der Waals surface area contributed by atoms with E-state index in [0.717, 1.165) is 32.3 Å². The van der Waals surface area contributed by atoms with E-state index in [1.165, 1.54) is 0 Å². The first-order valence-corrected chi connectivity index (χ1v) is 4.63. The van der Waals surface area contributed by atoms with Crippen molar-refractivity contribution in [2.45, 2.75) is 27.7 Å². The van der Waals surface area contributed by atoms with Gasteiger partial charge in [-0.15, -0.1) is 0 Å². The summed E-state index contributed by atoms with van der Waals surface area (Å²) in [5.41, 5.74) is 4.35. The lowest BCUT2D eigenvalue weighted by atomic mass is 10.0. The lowest BCUT2D eigenvalue weighted by molar-refractivity contribution is 1.24. The van der Waals surface area contributed by atoms with Gasteiger partial charge in [0.1, 0.15) is 0 Å². The van der Waals surface area contributed by atoms with Crippen molar-refractivity contribution in [1.29, 1.82) is 0 Å². The van der Waals surface area contributed by atoms with E-state index in [-0.39, 0.29) is 0 Å². The Balaban J connectivity index is 3.60. The molecule has 0 spiro atoms. The Morgan fingerprint density at radius 1 is 0.583 bits per heavy atom. The van der Waals surface area contributed by atoms with E-state index >= 15 is 0 Å². The number of halogens is 2. The maximum atomic E-state index is 6.10. The molecule has 0 N–H and O–H groups in total. The number of hydrogen-bond donors (Lipinski definition) is 0. The first-order valence-electron chi connectivity index (χ1n) is 3.88. The average Bonchev–Trinajstić information content (AvgIpc) is 2.08. The summed E-state index contributed by atoms with van der Waals surface area (Å²) < 4.78 is 0. The lowest BCUT2D eigenvalue weighted by Crippen LogP contribution is -1.92. The van der Waals surface area contributed by atoms with E-state index in [9.17, 15) is 0 Å². The topological polar surface area (TPSA) is 0 Å². The highest BCUT2D eigenvalue weighted by atomic mass is 35.5. The van der Waals surface area contributed by atoms with Crippen molar-refractivity contribution < 1.29 is 0 Å². The van der Waals surface area contributed by atoms with Crippen LogP contribution in [0.4, 0.5) is 0 Å². The Hall–Kier alpha value is -0.200. The molecule has 0 saturated carbocycles. The second kappa shape index (κ2) is 3.27. The Labute approximate surface area is 83.5 Å². The molecule has 1 aromatic carbocycles. The number of rotatable bonds is 0. The minimum Gasteiger partial charge on any atom is -0.0837 e. The van der Waals surface area contributed by atoms with E-state index in [4.69, 9.17) is 23.2 Å². The monoisotopic (exact) mass is 202 g/mol. The summed E-state index contributed by atoms with van der Waals surface area (Å²) in [5.74, 6) is 0. The third-order valence-electron chi connectivity index (χ3n) is 2.44. The molecule has 2 heteroatoms. The highest BCUT2D eigenvalue weighted by Crippen LogP contribution is 2.32. The minimum absolute atomic E-state index is 0.842. The van der Waals surface area contributed by atoms with Crippen LogP contribution in [0.3, 0.4) is 0 Å². The Bertz CT molecular complexity index is 222. The predicted molar refractivity (Wildman–Crippen MR) is 55.4 cm³/mol. The predicted octanol–water partition coefficient (Wildman–Crippen LogP) is 4.23. The summed E-state index contributed by atoms with van der Waals surface area (Å²) >= 11 is 12.2. The molecule has 0 unspecified atom stereocenters. The third kappa shape index (κ3) is 1.34. The molecule has 0 aliphatic rings. The largest absolute Gasteiger partial charge is 0.0837 e. The van der Waals surface area contributed by atoms with Crippen molar-refractivity contribution in [2.75, 3.05) is 0 Å². The summed E-state index contributed by atoms with van der Waals surface area (Å²) in [6, 6.07) is 0. The molecule has 0 aliphatic carbocycles. The van der Waals surface area contributed by atoms with Gasteiger partial charge in [-0.05, 0) is 49.9 Å². The van der Waals surface area contributed by atoms with Crippen molar-refractivity contribution >= 4 is 23.2 Å². The van der Waals surface area contributed by atoms with Gasteiger partial charge < -0.3 is 0 Å². The van der Waals surface area contributed by atoms with E-state index in [2.05, 4.69) is 0 Å². The average molecular weight is 203 g/mol. The molecular weight excluding hydrogens is 191 g/mol. The SMILES string of the molecule is Cc1c(C)c(Cl)c(C)c(C)c1Cl. The standard InChI is InChI=1S/C10H12Cl2/c1-5-6(2)10(12)8(4)7(3)9(5)11/h1-4H3. The maximum Gasteiger partial charge on any atom is 0.0470 e. The normalized spacial score (nSPS) is 10.5. The van der Waals surface area contributed by atoms with Gasteiger partial charge in [-0.25, -0.2) is 0 Å². The van der Waals surface area contributed by atoms with Gasteiger partial charge in [0.05, 0.1) is 0 Å². The molecule has 0 nitrogen and oxygen atoms in total. The van der Waals surface area contributed by atoms with Crippen LogP contribution in [0, 0.1) is 27.7 Å². The van der Waals surface area contributed by atoms with Crippen molar-refractivity contribution in [3.8, 4) is 0 Å². The van der Waals surface area contributed by atoms with Crippen LogP contribution >= 0.6 is 23.2 Å². The van der Waals surface area contributed by atoms with Gasteiger partial charge in [-0.1, -0.05) is 23.2 Å². The molecule has 0 aliphatic heterocycles. The Morgan fingerprint density at radius 3 is 0.917 bits per heavy atom. The van der Waals surface area contributed by atoms with E-state index in [0.29, 0.717) is 0 Å². The summed E-state index contributed by atoms with van der Waals surface area (Å²) in [5, 5.41) is 1.68. The fraction of sp³-hybridized carbons (Fsp3) is 0.400. The van der Waals surface area contributed by atoms with Crippen LogP contribution in [0.15, 0.2) is 0 Å². The fourth-order valence-electron chi connectivity index (χ4n) is 1.22. The molecule has 0 fully saturated rings. The van der Waals surface area contributed by atoms with Crippen molar-refractivity contribution in [1.82, 2.24) is 0 Å².